The number of fused-ring (bicyclic) bond motifs is 3. The predicted octanol–water partition coefficient (Wildman–Crippen LogP) is 5.28. The lowest BCUT2D eigenvalue weighted by Gasteiger charge is -2.32. The molecule has 1 atom stereocenters. The predicted molar refractivity (Wildman–Crippen MR) is 110 cm³/mol. The van der Waals surface area contributed by atoms with Crippen LogP contribution in [0.2, 0.25) is 0 Å². The number of ether oxygens (including phenoxy) is 2. The number of benzene rings is 2. The van der Waals surface area contributed by atoms with Crippen molar-refractivity contribution in [2.24, 2.45) is 0 Å². The van der Waals surface area contributed by atoms with E-state index in [1.54, 1.807) is 0 Å². The highest BCUT2D eigenvalue weighted by Gasteiger charge is 2.72. The summed E-state index contributed by atoms with van der Waals surface area (Å²) in [6, 6.07) is 4.65. The lowest BCUT2D eigenvalue weighted by molar-refractivity contribution is -0.375. The molecule has 0 aliphatic carbocycles. The molecule has 11 heteroatoms. The highest BCUT2D eigenvalue weighted by molar-refractivity contribution is 6.07. The van der Waals surface area contributed by atoms with Crippen molar-refractivity contribution in [1.29, 1.82) is 0 Å². The second-order valence-corrected chi connectivity index (χ2v) is 7.49. The van der Waals surface area contributed by atoms with E-state index in [-0.39, 0.29) is 39.7 Å². The van der Waals surface area contributed by atoms with Gasteiger partial charge in [0.2, 0.25) is 0 Å². The molecule has 33 heavy (non-hydrogen) atoms. The number of aliphatic hydroxyl groups is 1. The van der Waals surface area contributed by atoms with E-state index in [2.05, 4.69) is 0 Å². The van der Waals surface area contributed by atoms with Gasteiger partial charge in [0.25, 0.3) is 5.56 Å². The van der Waals surface area contributed by atoms with E-state index in [9.17, 15) is 31.1 Å². The van der Waals surface area contributed by atoms with Crippen LogP contribution in [0, 0.1) is 0 Å². The summed E-state index contributed by atoms with van der Waals surface area (Å²) in [6.07, 6.45) is -10.7. The van der Waals surface area contributed by atoms with E-state index in [1.165, 1.54) is 30.9 Å². The average Bonchev–Trinajstić information content (AvgIpc) is 2.75. The van der Waals surface area contributed by atoms with Gasteiger partial charge in [0.15, 0.2) is 11.5 Å². The Morgan fingerprint density at radius 2 is 1.48 bits per heavy atom. The van der Waals surface area contributed by atoms with Crippen LogP contribution in [0.1, 0.15) is 25.3 Å². The van der Waals surface area contributed by atoms with Crippen molar-refractivity contribution in [1.82, 2.24) is 4.57 Å². The molecule has 0 aliphatic heterocycles. The van der Waals surface area contributed by atoms with Crippen molar-refractivity contribution >= 4 is 21.7 Å². The Morgan fingerprint density at radius 3 is 1.97 bits per heavy atom. The van der Waals surface area contributed by atoms with Crippen LogP contribution >= 0.6 is 0 Å². The van der Waals surface area contributed by atoms with Gasteiger partial charge in [0.1, 0.15) is 0 Å². The molecule has 1 N–H and O–H groups in total. The van der Waals surface area contributed by atoms with E-state index < -0.39 is 29.1 Å². The fraction of sp³-hybridized carbons (Fsp3) is 0.409. The minimum atomic E-state index is -6.13. The third-order valence-corrected chi connectivity index (χ3v) is 5.51. The van der Waals surface area contributed by atoms with E-state index >= 15 is 0 Å². The lowest BCUT2D eigenvalue weighted by Crippen LogP contribution is -2.52. The molecule has 0 aliphatic rings. The molecule has 0 radical (unpaired) electrons. The van der Waals surface area contributed by atoms with Crippen molar-refractivity contribution in [3.8, 4) is 11.5 Å². The van der Waals surface area contributed by atoms with Crippen molar-refractivity contribution in [3.05, 3.63) is 46.2 Å². The first-order valence-electron chi connectivity index (χ1n) is 9.90. The maximum Gasteiger partial charge on any atom is 0.435 e. The molecule has 3 aromatic rings. The first-order valence-corrected chi connectivity index (χ1v) is 9.90. The van der Waals surface area contributed by atoms with Gasteiger partial charge in [-0.3, -0.25) is 4.79 Å². The maximum absolute atomic E-state index is 14.9. The number of alkyl halides is 6. The molecule has 2 aromatic carbocycles. The number of hydrogen-bond donors (Lipinski definition) is 1. The summed E-state index contributed by atoms with van der Waals surface area (Å²) < 4.78 is 93.9. The first-order chi connectivity index (χ1) is 15.3. The average molecular weight is 477 g/mol. The zero-order valence-corrected chi connectivity index (χ0v) is 17.9. The summed E-state index contributed by atoms with van der Waals surface area (Å²) >= 11 is 0. The molecule has 0 saturated carbocycles. The number of unbranched alkanes of at least 4 members (excludes halogenated alkanes) is 1. The van der Waals surface area contributed by atoms with Gasteiger partial charge in [-0.05, 0) is 30.7 Å². The first kappa shape index (κ1) is 24.7. The molecule has 180 valence electrons. The molecule has 1 unspecified atom stereocenters. The smallest absolute Gasteiger partial charge is 0.435 e. The summed E-state index contributed by atoms with van der Waals surface area (Å²) in [5.74, 6) is 0.286. The van der Waals surface area contributed by atoms with Crippen LogP contribution in [0.3, 0.4) is 0 Å². The van der Waals surface area contributed by atoms with E-state index in [0.717, 1.165) is 6.07 Å². The van der Waals surface area contributed by atoms with Crippen molar-refractivity contribution < 1.29 is 40.9 Å². The number of aromatic nitrogens is 1. The van der Waals surface area contributed by atoms with Crippen LogP contribution < -0.4 is 15.0 Å². The molecule has 0 amide bonds. The van der Waals surface area contributed by atoms with E-state index in [1.807, 2.05) is 6.92 Å². The Balaban J connectivity index is 2.51. The van der Waals surface area contributed by atoms with E-state index in [0.29, 0.717) is 25.0 Å². The van der Waals surface area contributed by atoms with Gasteiger partial charge in [-0.25, -0.2) is 4.39 Å². The Morgan fingerprint density at radius 1 is 0.909 bits per heavy atom. The molecule has 0 fully saturated rings. The quantitative estimate of drug-likeness (QED) is 0.372. The van der Waals surface area contributed by atoms with Gasteiger partial charge in [-0.2, -0.15) is 22.0 Å². The molecule has 5 nitrogen and oxygen atoms in total. The van der Waals surface area contributed by atoms with Crippen LogP contribution in [0.15, 0.2) is 35.1 Å². The number of methoxy groups -OCH3 is 2. The topological polar surface area (TPSA) is 60.7 Å². The van der Waals surface area contributed by atoms with Crippen LogP contribution in [0.4, 0.5) is 26.3 Å². The summed E-state index contributed by atoms with van der Waals surface area (Å²) in [5, 5.41) is 8.82. The van der Waals surface area contributed by atoms with Gasteiger partial charge < -0.3 is 19.1 Å². The fourth-order valence-electron chi connectivity index (χ4n) is 3.78. The third kappa shape index (κ3) is 3.88. The molecule has 0 saturated heterocycles. The Bertz CT molecular complexity index is 1230. The summed E-state index contributed by atoms with van der Waals surface area (Å²) in [7, 11) is 2.62. The normalized spacial score (nSPS) is 14.5. The Hall–Kier alpha value is -2.95. The SMILES string of the molecule is CCCCn1c(=O)c2cc(OC)c(OC)cc2c2cc(C(F)(C(O)(F)F)C(F)(F)F)ccc21. The second kappa shape index (κ2) is 8.44. The molecular formula is C22H21F6NO4. The van der Waals surface area contributed by atoms with Crippen LogP contribution in [0.5, 0.6) is 11.5 Å². The van der Waals surface area contributed by atoms with Crippen molar-refractivity contribution in [2.45, 2.75) is 44.3 Å². The maximum atomic E-state index is 14.9. The minimum absolute atomic E-state index is 0.0145. The number of halogens is 6. The summed E-state index contributed by atoms with van der Waals surface area (Å²) in [5.41, 5.74) is -7.26. The number of hydrogen-bond acceptors (Lipinski definition) is 4. The Labute approximate surface area is 184 Å². The highest BCUT2D eigenvalue weighted by Crippen LogP contribution is 2.52. The molecule has 3 rings (SSSR count). The summed E-state index contributed by atoms with van der Waals surface area (Å²) in [4.78, 5) is 13.2. The van der Waals surface area contributed by atoms with Gasteiger partial charge in [-0.1, -0.05) is 19.4 Å². The van der Waals surface area contributed by atoms with Gasteiger partial charge in [0, 0.05) is 22.9 Å². The minimum Gasteiger partial charge on any atom is -0.493 e. The monoisotopic (exact) mass is 477 g/mol. The zero-order chi connectivity index (χ0) is 24.8. The lowest BCUT2D eigenvalue weighted by atomic mass is 9.91. The standard InChI is InChI=1S/C22H21F6NO4/c1-4-5-8-29-16-7-6-12(20(23,21(24,25)26)22(27,28)31)9-14(16)13-10-17(32-2)18(33-3)11-15(13)19(29)30/h6-7,9-11,31H,4-5,8H2,1-3H3. The van der Waals surface area contributed by atoms with Crippen LogP contribution in [-0.2, 0) is 12.2 Å². The zero-order valence-electron chi connectivity index (χ0n) is 17.9. The van der Waals surface area contributed by atoms with Crippen molar-refractivity contribution in [2.75, 3.05) is 14.2 Å². The number of aryl methyl sites for hydroxylation is 1. The number of nitrogens with zero attached hydrogens (tertiary/aromatic N) is 1. The Kier molecular flexibility index (Phi) is 6.31. The molecule has 0 spiro atoms. The second-order valence-electron chi connectivity index (χ2n) is 7.49. The van der Waals surface area contributed by atoms with E-state index in [4.69, 9.17) is 14.6 Å². The number of rotatable bonds is 7. The fourth-order valence-corrected chi connectivity index (χ4v) is 3.78. The van der Waals surface area contributed by atoms with Crippen LogP contribution in [0.25, 0.3) is 21.7 Å². The molecule has 1 heterocycles. The van der Waals surface area contributed by atoms with Gasteiger partial charge in [-0.15, -0.1) is 0 Å². The largest absolute Gasteiger partial charge is 0.493 e. The summed E-state index contributed by atoms with van der Waals surface area (Å²) in [6.45, 7) is 2.05. The van der Waals surface area contributed by atoms with Gasteiger partial charge in [0.05, 0.1) is 25.1 Å². The van der Waals surface area contributed by atoms with Gasteiger partial charge >= 0.3 is 18.0 Å². The molecule has 0 bridgehead atoms. The number of pyridine rings is 1. The third-order valence-electron chi connectivity index (χ3n) is 5.51. The molecular weight excluding hydrogens is 456 g/mol. The highest BCUT2D eigenvalue weighted by atomic mass is 19.4. The van der Waals surface area contributed by atoms with Crippen LogP contribution in [-0.4, -0.2) is 36.2 Å². The molecule has 1 aromatic heterocycles. The van der Waals surface area contributed by atoms with Crippen molar-refractivity contribution in [3.63, 3.8) is 0 Å².